The van der Waals surface area contributed by atoms with Gasteiger partial charge in [-0.1, -0.05) is 0 Å². The topological polar surface area (TPSA) is 81.1 Å². The molecule has 0 bridgehead atoms. The molecular weight excluding hydrogens is 396 g/mol. The molecule has 7 nitrogen and oxygen atoms in total. The van der Waals surface area contributed by atoms with Crippen LogP contribution in [0.1, 0.15) is 13.8 Å². The summed E-state index contributed by atoms with van der Waals surface area (Å²) < 4.78 is 37.8. The normalized spacial score (nSPS) is 11.5. The molecule has 9 heteroatoms. The first-order valence-corrected chi connectivity index (χ1v) is 9.58. The molecule has 2 aromatic rings. The minimum atomic E-state index is -0.735. The van der Waals surface area contributed by atoms with Gasteiger partial charge in [0.2, 0.25) is 0 Å². The molecule has 0 radical (unpaired) electrons. The molecule has 2 aromatic carbocycles. The Balaban J connectivity index is 1.90. The predicted octanol–water partition coefficient (Wildman–Crippen LogP) is 1.85. The first kappa shape index (κ1) is 23.1. The Hall–Kier alpha value is -3.20. The molecule has 0 aliphatic heterocycles. The fraction of sp³-hybridized carbons (Fsp3) is 0.333. The van der Waals surface area contributed by atoms with Gasteiger partial charge in [0.1, 0.15) is 11.6 Å². The van der Waals surface area contributed by atoms with Crippen molar-refractivity contribution < 1.29 is 32.7 Å². The van der Waals surface area contributed by atoms with Gasteiger partial charge in [0.05, 0.1) is 25.9 Å². The summed E-state index contributed by atoms with van der Waals surface area (Å²) in [5.41, 5.74) is 0.293. The number of carbonyl (C=O) groups is 2. The fourth-order valence-electron chi connectivity index (χ4n) is 2.73. The van der Waals surface area contributed by atoms with Crippen molar-refractivity contribution in [2.75, 3.05) is 44.0 Å². The van der Waals surface area contributed by atoms with E-state index in [0.29, 0.717) is 35.3 Å². The monoisotopic (exact) mass is 422 g/mol. The summed E-state index contributed by atoms with van der Waals surface area (Å²) in [6.07, 6.45) is 0. The Morgan fingerprint density at radius 3 is 2.20 bits per heavy atom. The zero-order valence-corrected chi connectivity index (χ0v) is 17.2. The van der Waals surface area contributed by atoms with Gasteiger partial charge in [-0.25, -0.2) is 8.78 Å². The van der Waals surface area contributed by atoms with Gasteiger partial charge in [-0.3, -0.25) is 9.59 Å². The van der Waals surface area contributed by atoms with Crippen LogP contribution in [-0.4, -0.2) is 45.2 Å². The quantitative estimate of drug-likeness (QED) is 0.546. The van der Waals surface area contributed by atoms with Crippen LogP contribution < -0.4 is 25.0 Å². The third-order valence-electron chi connectivity index (χ3n) is 3.95. The number of hydrogen-bond donors (Lipinski definition) is 3. The fourth-order valence-corrected chi connectivity index (χ4v) is 2.73. The summed E-state index contributed by atoms with van der Waals surface area (Å²) in [6.45, 7) is 4.54. The molecule has 3 N–H and O–H groups in total. The van der Waals surface area contributed by atoms with Crippen molar-refractivity contribution in [3.63, 3.8) is 0 Å². The van der Waals surface area contributed by atoms with E-state index >= 15 is 0 Å². The maximum absolute atomic E-state index is 13.6. The van der Waals surface area contributed by atoms with E-state index in [4.69, 9.17) is 9.47 Å². The van der Waals surface area contributed by atoms with Gasteiger partial charge in [-0.05, 0) is 38.1 Å². The molecule has 1 unspecified atom stereocenters. The number of carbonyl (C=O) groups excluding carboxylic acids is 2. The van der Waals surface area contributed by atoms with Gasteiger partial charge in [-0.2, -0.15) is 0 Å². The standard InChI is InChI=1S/C21H25F2N3O4/c1-4-29-18-9-7-15(11-19(18)30-5-2)24-20(27)12-26(3)13-21(28)25-17-10-14(22)6-8-16(17)23/h6-11H,4-5,12-13H2,1-3H3,(H,24,27)(H,25,28)/p+1. The molecule has 0 fully saturated rings. The average Bonchev–Trinajstić information content (AvgIpc) is 2.66. The molecule has 0 saturated heterocycles. The number of hydrogen-bond acceptors (Lipinski definition) is 4. The zero-order chi connectivity index (χ0) is 22.1. The summed E-state index contributed by atoms with van der Waals surface area (Å²) in [7, 11) is 1.64. The smallest absolute Gasteiger partial charge is 0.279 e. The summed E-state index contributed by atoms with van der Waals surface area (Å²) in [5, 5.41) is 5.05. The summed E-state index contributed by atoms with van der Waals surface area (Å²) >= 11 is 0. The van der Waals surface area contributed by atoms with Crippen molar-refractivity contribution >= 4 is 23.2 Å². The summed E-state index contributed by atoms with van der Waals surface area (Å²) in [5.74, 6) is -1.14. The molecule has 2 rings (SSSR count). The first-order valence-electron chi connectivity index (χ1n) is 9.58. The van der Waals surface area contributed by atoms with E-state index in [1.807, 2.05) is 13.8 Å². The molecule has 0 aliphatic rings. The molecule has 0 saturated carbocycles. The van der Waals surface area contributed by atoms with E-state index in [1.165, 1.54) is 0 Å². The second kappa shape index (κ2) is 11.1. The highest BCUT2D eigenvalue weighted by atomic mass is 19.1. The number of rotatable bonds is 10. The van der Waals surface area contributed by atoms with Crippen LogP contribution in [0.15, 0.2) is 36.4 Å². The van der Waals surface area contributed by atoms with Gasteiger partial charge in [0, 0.05) is 17.8 Å². The molecule has 0 spiro atoms. The highest BCUT2D eigenvalue weighted by Gasteiger charge is 2.17. The average molecular weight is 422 g/mol. The second-order valence-electron chi connectivity index (χ2n) is 6.56. The molecule has 0 heterocycles. The zero-order valence-electron chi connectivity index (χ0n) is 17.2. The van der Waals surface area contributed by atoms with Crippen LogP contribution in [0.4, 0.5) is 20.2 Å². The SMILES string of the molecule is CCOc1ccc(NC(=O)C[NH+](C)CC(=O)Nc2cc(F)ccc2F)cc1OCC. The lowest BCUT2D eigenvalue weighted by atomic mass is 10.2. The third-order valence-corrected chi connectivity index (χ3v) is 3.95. The van der Waals surface area contributed by atoms with Gasteiger partial charge in [-0.15, -0.1) is 0 Å². The van der Waals surface area contributed by atoms with Crippen molar-refractivity contribution in [2.45, 2.75) is 13.8 Å². The summed E-state index contributed by atoms with van der Waals surface area (Å²) in [4.78, 5) is 24.9. The van der Waals surface area contributed by atoms with Crippen LogP contribution in [0.5, 0.6) is 11.5 Å². The van der Waals surface area contributed by atoms with Crippen LogP contribution in [-0.2, 0) is 9.59 Å². The van der Waals surface area contributed by atoms with Crippen molar-refractivity contribution in [3.05, 3.63) is 48.0 Å². The minimum Gasteiger partial charge on any atom is -0.490 e. The molecule has 0 aliphatic carbocycles. The lowest BCUT2D eigenvalue weighted by molar-refractivity contribution is -0.862. The highest BCUT2D eigenvalue weighted by Crippen LogP contribution is 2.30. The van der Waals surface area contributed by atoms with Crippen molar-refractivity contribution in [1.29, 1.82) is 0 Å². The van der Waals surface area contributed by atoms with E-state index in [-0.39, 0.29) is 24.7 Å². The Bertz CT molecular complexity index is 893. The minimum absolute atomic E-state index is 0.00374. The van der Waals surface area contributed by atoms with Crippen molar-refractivity contribution in [3.8, 4) is 11.5 Å². The molecule has 1 atom stereocenters. The number of ether oxygens (including phenoxy) is 2. The molecule has 0 aromatic heterocycles. The number of quaternary nitrogens is 1. The van der Waals surface area contributed by atoms with Gasteiger partial charge in [0.15, 0.2) is 24.6 Å². The van der Waals surface area contributed by atoms with Crippen LogP contribution in [0, 0.1) is 11.6 Å². The lowest BCUT2D eigenvalue weighted by Crippen LogP contribution is -3.11. The first-order chi connectivity index (χ1) is 14.3. The number of amides is 2. The van der Waals surface area contributed by atoms with E-state index < -0.39 is 17.5 Å². The largest absolute Gasteiger partial charge is 0.490 e. The molecule has 2 amide bonds. The van der Waals surface area contributed by atoms with E-state index in [9.17, 15) is 18.4 Å². The van der Waals surface area contributed by atoms with Gasteiger partial charge >= 0.3 is 0 Å². The molecular formula is C21H26F2N3O4+. The van der Waals surface area contributed by atoms with E-state index in [0.717, 1.165) is 18.2 Å². The maximum atomic E-state index is 13.6. The maximum Gasteiger partial charge on any atom is 0.279 e. The van der Waals surface area contributed by atoms with Crippen LogP contribution in [0.2, 0.25) is 0 Å². The Morgan fingerprint density at radius 1 is 0.900 bits per heavy atom. The van der Waals surface area contributed by atoms with Crippen LogP contribution >= 0.6 is 0 Å². The number of halogens is 2. The second-order valence-corrected chi connectivity index (χ2v) is 6.56. The Labute approximate surface area is 174 Å². The van der Waals surface area contributed by atoms with Gasteiger partial charge < -0.3 is 25.0 Å². The Kier molecular flexibility index (Phi) is 8.54. The third kappa shape index (κ3) is 7.00. The number of likely N-dealkylation sites (N-methyl/N-ethyl adjacent to an activating group) is 1. The van der Waals surface area contributed by atoms with Crippen LogP contribution in [0.3, 0.4) is 0 Å². The van der Waals surface area contributed by atoms with Gasteiger partial charge in [0.25, 0.3) is 11.8 Å². The molecule has 30 heavy (non-hydrogen) atoms. The van der Waals surface area contributed by atoms with Crippen LogP contribution in [0.25, 0.3) is 0 Å². The number of nitrogens with one attached hydrogen (secondary N) is 3. The van der Waals surface area contributed by atoms with Crippen molar-refractivity contribution in [2.24, 2.45) is 0 Å². The Morgan fingerprint density at radius 2 is 1.53 bits per heavy atom. The number of benzene rings is 2. The number of anilines is 2. The van der Waals surface area contributed by atoms with E-state index in [2.05, 4.69) is 10.6 Å². The predicted molar refractivity (Wildman–Crippen MR) is 109 cm³/mol. The van der Waals surface area contributed by atoms with E-state index in [1.54, 1.807) is 25.2 Å². The van der Waals surface area contributed by atoms with Crippen molar-refractivity contribution in [1.82, 2.24) is 0 Å². The molecule has 162 valence electrons. The highest BCUT2D eigenvalue weighted by molar-refractivity contribution is 5.93. The lowest BCUT2D eigenvalue weighted by Gasteiger charge is -2.15. The summed E-state index contributed by atoms with van der Waals surface area (Å²) in [6, 6.07) is 7.87.